The van der Waals surface area contributed by atoms with Crippen LogP contribution in [0.25, 0.3) is 0 Å². The molecule has 0 unspecified atom stereocenters. The molecule has 0 aliphatic carbocycles. The molecule has 64 valence electrons. The second-order valence-electron chi connectivity index (χ2n) is 3.11. The summed E-state index contributed by atoms with van der Waals surface area (Å²) < 4.78 is 5.25. The Balaban J connectivity index is 4.45. The molecule has 0 spiro atoms. The van der Waals surface area contributed by atoms with E-state index in [9.17, 15) is 0 Å². The molecular weight excluding hydrogens is 152 g/mol. The maximum atomic E-state index is 5.25. The second kappa shape index (κ2) is 4.52. The normalized spacial score (nSPS) is 11.9. The third-order valence-corrected chi connectivity index (χ3v) is 2.52. The van der Waals surface area contributed by atoms with Crippen LogP contribution in [-0.4, -0.2) is 17.1 Å². The van der Waals surface area contributed by atoms with Gasteiger partial charge in [-0.3, -0.25) is 0 Å². The van der Waals surface area contributed by atoms with Gasteiger partial charge in [0, 0.05) is 12.0 Å². The number of hydrogen-bond acceptors (Lipinski definition) is 1. The van der Waals surface area contributed by atoms with Gasteiger partial charge in [0.25, 0.3) is 0 Å². The molecule has 11 heavy (non-hydrogen) atoms. The zero-order chi connectivity index (χ0) is 8.91. The fourth-order valence-corrected chi connectivity index (χ4v) is 1.59. The molecule has 0 aromatic heterocycles. The lowest BCUT2D eigenvalue weighted by Gasteiger charge is -2.30. The summed E-state index contributed by atoms with van der Waals surface area (Å²) in [5.74, 6) is 0.506. The van der Waals surface area contributed by atoms with E-state index < -0.39 is 0 Å². The van der Waals surface area contributed by atoms with Gasteiger partial charge < -0.3 is 4.43 Å². The molecule has 0 fully saturated rings. The lowest BCUT2D eigenvalue weighted by Crippen LogP contribution is -2.27. The molecule has 0 heterocycles. The van der Waals surface area contributed by atoms with Crippen molar-refractivity contribution in [1.82, 2.24) is 0 Å². The van der Waals surface area contributed by atoms with Crippen LogP contribution >= 0.6 is 0 Å². The standard InChI is InChI=1S/C9H18OSi/c1-5-9(6-2,7-10-11)8(3)4/h5-6,8H,1-2,7H2,3-4,11H3. The Bertz CT molecular complexity index is 132. The van der Waals surface area contributed by atoms with E-state index in [0.717, 1.165) is 17.1 Å². The molecule has 0 bridgehead atoms. The minimum absolute atomic E-state index is 0.0260. The fraction of sp³-hybridized carbons (Fsp3) is 0.556. The predicted octanol–water partition coefficient (Wildman–Crippen LogP) is 1.30. The molecule has 0 radical (unpaired) electrons. The van der Waals surface area contributed by atoms with Crippen molar-refractivity contribution in [3.8, 4) is 0 Å². The summed E-state index contributed by atoms with van der Waals surface area (Å²) in [5, 5.41) is 0. The highest BCUT2D eigenvalue weighted by Gasteiger charge is 2.26. The molecule has 0 amide bonds. The summed E-state index contributed by atoms with van der Waals surface area (Å²) >= 11 is 0. The van der Waals surface area contributed by atoms with Crippen LogP contribution in [0.4, 0.5) is 0 Å². The molecule has 0 rings (SSSR count). The largest absolute Gasteiger partial charge is 0.427 e. The second-order valence-corrected chi connectivity index (χ2v) is 3.69. The fourth-order valence-electron chi connectivity index (χ4n) is 1.09. The minimum atomic E-state index is -0.0260. The predicted molar refractivity (Wildman–Crippen MR) is 53.6 cm³/mol. The Morgan fingerprint density at radius 2 is 1.91 bits per heavy atom. The Labute approximate surface area is 72.7 Å². The van der Waals surface area contributed by atoms with Crippen molar-refractivity contribution in [3.05, 3.63) is 25.3 Å². The van der Waals surface area contributed by atoms with Crippen LogP contribution in [0.1, 0.15) is 13.8 Å². The van der Waals surface area contributed by atoms with Crippen molar-refractivity contribution >= 4 is 10.5 Å². The van der Waals surface area contributed by atoms with E-state index in [2.05, 4.69) is 27.0 Å². The van der Waals surface area contributed by atoms with Crippen LogP contribution < -0.4 is 0 Å². The number of hydrogen-bond donors (Lipinski definition) is 0. The lowest BCUT2D eigenvalue weighted by atomic mass is 9.78. The number of rotatable bonds is 5. The maximum Gasteiger partial charge on any atom is 0.146 e. The van der Waals surface area contributed by atoms with Crippen LogP contribution in [0.2, 0.25) is 0 Å². The molecule has 1 nitrogen and oxygen atoms in total. The third kappa shape index (κ3) is 2.31. The summed E-state index contributed by atoms with van der Waals surface area (Å²) in [6.45, 7) is 12.7. The van der Waals surface area contributed by atoms with Crippen LogP contribution in [0, 0.1) is 11.3 Å². The molecule has 0 aliphatic heterocycles. The first-order valence-corrected chi connectivity index (χ1v) is 4.70. The minimum Gasteiger partial charge on any atom is -0.427 e. The van der Waals surface area contributed by atoms with Crippen molar-refractivity contribution in [3.63, 3.8) is 0 Å². The van der Waals surface area contributed by atoms with Crippen LogP contribution in [-0.2, 0) is 4.43 Å². The van der Waals surface area contributed by atoms with E-state index in [0.29, 0.717) is 5.92 Å². The summed E-state index contributed by atoms with van der Waals surface area (Å²) in [6.07, 6.45) is 3.87. The molecule has 2 heteroatoms. The van der Waals surface area contributed by atoms with Gasteiger partial charge in [-0.1, -0.05) is 26.0 Å². The first-order chi connectivity index (χ1) is 5.13. The molecule has 0 aliphatic rings. The highest BCUT2D eigenvalue weighted by atomic mass is 28.2. The highest BCUT2D eigenvalue weighted by molar-refractivity contribution is 5.98. The SMILES string of the molecule is C=CC(C=C)(CO[SiH3])C(C)C. The smallest absolute Gasteiger partial charge is 0.146 e. The Kier molecular flexibility index (Phi) is 4.38. The molecule has 0 aromatic rings. The van der Waals surface area contributed by atoms with Gasteiger partial charge in [0.05, 0.1) is 0 Å². The quantitative estimate of drug-likeness (QED) is 0.446. The maximum absolute atomic E-state index is 5.25. The summed E-state index contributed by atoms with van der Waals surface area (Å²) in [5.41, 5.74) is -0.0260. The molecule has 0 N–H and O–H groups in total. The van der Waals surface area contributed by atoms with Gasteiger partial charge >= 0.3 is 0 Å². The van der Waals surface area contributed by atoms with E-state index in [1.54, 1.807) is 0 Å². The van der Waals surface area contributed by atoms with Crippen molar-refractivity contribution < 1.29 is 4.43 Å². The first kappa shape index (κ1) is 10.7. The van der Waals surface area contributed by atoms with Crippen molar-refractivity contribution in [2.45, 2.75) is 13.8 Å². The van der Waals surface area contributed by atoms with Crippen molar-refractivity contribution in [2.24, 2.45) is 11.3 Å². The third-order valence-electron chi connectivity index (χ3n) is 2.23. The Morgan fingerprint density at radius 1 is 1.45 bits per heavy atom. The average molecular weight is 170 g/mol. The van der Waals surface area contributed by atoms with Gasteiger partial charge in [0.15, 0.2) is 0 Å². The van der Waals surface area contributed by atoms with Gasteiger partial charge in [0.2, 0.25) is 0 Å². The monoisotopic (exact) mass is 170 g/mol. The van der Waals surface area contributed by atoms with Gasteiger partial charge in [-0.25, -0.2) is 0 Å². The summed E-state index contributed by atoms with van der Waals surface area (Å²) in [7, 11) is 0.779. The van der Waals surface area contributed by atoms with Gasteiger partial charge in [-0.2, -0.15) is 0 Å². The zero-order valence-corrected chi connectivity index (χ0v) is 9.76. The lowest BCUT2D eigenvalue weighted by molar-refractivity contribution is 0.198. The summed E-state index contributed by atoms with van der Waals surface area (Å²) in [6, 6.07) is 0. The zero-order valence-electron chi connectivity index (χ0n) is 7.76. The van der Waals surface area contributed by atoms with E-state index >= 15 is 0 Å². The van der Waals surface area contributed by atoms with E-state index in [1.807, 2.05) is 12.2 Å². The average Bonchev–Trinajstić information content (AvgIpc) is 2.00. The molecule has 0 saturated heterocycles. The van der Waals surface area contributed by atoms with Gasteiger partial charge in [-0.05, 0) is 5.92 Å². The molecular formula is C9H18OSi. The molecule has 0 aromatic carbocycles. The molecule has 0 saturated carbocycles. The summed E-state index contributed by atoms with van der Waals surface area (Å²) in [4.78, 5) is 0. The molecule has 0 atom stereocenters. The topological polar surface area (TPSA) is 9.23 Å². The van der Waals surface area contributed by atoms with E-state index in [-0.39, 0.29) is 5.41 Å². The van der Waals surface area contributed by atoms with E-state index in [4.69, 9.17) is 4.43 Å². The first-order valence-electron chi connectivity index (χ1n) is 3.89. The van der Waals surface area contributed by atoms with Gasteiger partial charge in [0.1, 0.15) is 10.5 Å². The Hall–Kier alpha value is -0.343. The van der Waals surface area contributed by atoms with E-state index in [1.165, 1.54) is 0 Å². The van der Waals surface area contributed by atoms with Crippen molar-refractivity contribution in [2.75, 3.05) is 6.61 Å². The van der Waals surface area contributed by atoms with Gasteiger partial charge in [-0.15, -0.1) is 13.2 Å². The highest BCUT2D eigenvalue weighted by Crippen LogP contribution is 2.30. The van der Waals surface area contributed by atoms with Crippen LogP contribution in [0.5, 0.6) is 0 Å². The Morgan fingerprint density at radius 3 is 2.00 bits per heavy atom. The van der Waals surface area contributed by atoms with Crippen molar-refractivity contribution in [1.29, 1.82) is 0 Å². The van der Waals surface area contributed by atoms with Crippen LogP contribution in [0.15, 0.2) is 25.3 Å². The van der Waals surface area contributed by atoms with Crippen LogP contribution in [0.3, 0.4) is 0 Å².